The Morgan fingerprint density at radius 2 is 2.05 bits per heavy atom. The number of anilines is 1. The van der Waals surface area contributed by atoms with E-state index < -0.39 is 0 Å². The van der Waals surface area contributed by atoms with E-state index in [0.29, 0.717) is 18.0 Å². The third-order valence-corrected chi connectivity index (χ3v) is 3.56. The molecule has 1 saturated heterocycles. The largest absolute Gasteiger partial charge is 0.493 e. The van der Waals surface area contributed by atoms with Gasteiger partial charge in [0.2, 0.25) is 5.91 Å². The van der Waals surface area contributed by atoms with E-state index in [1.807, 2.05) is 13.0 Å². The van der Waals surface area contributed by atoms with E-state index in [4.69, 9.17) is 9.47 Å². The predicted octanol–water partition coefficient (Wildman–Crippen LogP) is 1.64. The molecule has 1 fully saturated rings. The Morgan fingerprint density at radius 1 is 1.32 bits per heavy atom. The second kappa shape index (κ2) is 5.48. The van der Waals surface area contributed by atoms with Crippen molar-refractivity contribution in [2.75, 3.05) is 32.6 Å². The van der Waals surface area contributed by atoms with Crippen LogP contribution in [-0.2, 0) is 4.79 Å². The predicted molar refractivity (Wildman–Crippen MR) is 73.8 cm³/mol. The van der Waals surface area contributed by atoms with Crippen LogP contribution in [0.1, 0.15) is 13.3 Å². The minimum absolute atomic E-state index is 0.0321. The smallest absolute Gasteiger partial charge is 0.231 e. The maximum absolute atomic E-state index is 12.3. The lowest BCUT2D eigenvalue weighted by Gasteiger charge is -2.21. The zero-order valence-electron chi connectivity index (χ0n) is 11.6. The molecular formula is C14H20N2O3. The van der Waals surface area contributed by atoms with Crippen LogP contribution in [0.15, 0.2) is 18.2 Å². The highest BCUT2D eigenvalue weighted by atomic mass is 16.5. The summed E-state index contributed by atoms with van der Waals surface area (Å²) in [6.45, 7) is 3.57. The summed E-state index contributed by atoms with van der Waals surface area (Å²) in [5.41, 5.74) is 0.378. The number of hydrogen-bond donors (Lipinski definition) is 2. The molecule has 1 aromatic carbocycles. The van der Waals surface area contributed by atoms with Gasteiger partial charge in [0, 0.05) is 18.3 Å². The number of nitrogens with one attached hydrogen (secondary N) is 2. The Balaban J connectivity index is 2.13. The number of rotatable bonds is 4. The van der Waals surface area contributed by atoms with Crippen molar-refractivity contribution in [3.63, 3.8) is 0 Å². The van der Waals surface area contributed by atoms with Gasteiger partial charge in [-0.05, 0) is 32.0 Å². The van der Waals surface area contributed by atoms with E-state index in [1.165, 1.54) is 0 Å². The molecule has 0 spiro atoms. The van der Waals surface area contributed by atoms with Crippen LogP contribution < -0.4 is 20.1 Å². The molecule has 104 valence electrons. The van der Waals surface area contributed by atoms with Crippen molar-refractivity contribution < 1.29 is 14.3 Å². The summed E-state index contributed by atoms with van der Waals surface area (Å²) in [6, 6.07) is 5.36. The van der Waals surface area contributed by atoms with Crippen molar-refractivity contribution in [2.24, 2.45) is 5.41 Å². The molecule has 1 aromatic rings. The van der Waals surface area contributed by atoms with Gasteiger partial charge in [0.25, 0.3) is 0 Å². The van der Waals surface area contributed by atoms with Crippen molar-refractivity contribution in [3.05, 3.63) is 18.2 Å². The summed E-state index contributed by atoms with van der Waals surface area (Å²) in [4.78, 5) is 12.3. The molecule has 0 saturated carbocycles. The van der Waals surface area contributed by atoms with Crippen LogP contribution in [-0.4, -0.2) is 33.2 Å². The first-order valence-electron chi connectivity index (χ1n) is 6.33. The van der Waals surface area contributed by atoms with E-state index in [9.17, 15) is 4.79 Å². The lowest BCUT2D eigenvalue weighted by Crippen LogP contribution is -2.35. The Labute approximate surface area is 113 Å². The third-order valence-electron chi connectivity index (χ3n) is 3.56. The highest BCUT2D eigenvalue weighted by Crippen LogP contribution is 2.31. The Hall–Kier alpha value is -1.75. The number of hydrogen-bond acceptors (Lipinski definition) is 4. The highest BCUT2D eigenvalue weighted by molar-refractivity contribution is 5.95. The van der Waals surface area contributed by atoms with Gasteiger partial charge in [-0.2, -0.15) is 0 Å². The summed E-state index contributed by atoms with van der Waals surface area (Å²) in [6.07, 6.45) is 0.853. The molecule has 1 atom stereocenters. The molecule has 0 bridgehead atoms. The Bertz CT molecular complexity index is 468. The zero-order chi connectivity index (χ0) is 13.9. The van der Waals surface area contributed by atoms with Crippen LogP contribution in [0, 0.1) is 5.41 Å². The lowest BCUT2D eigenvalue weighted by molar-refractivity contribution is -0.123. The fraction of sp³-hybridized carbons (Fsp3) is 0.500. The zero-order valence-corrected chi connectivity index (χ0v) is 11.6. The second-order valence-electron chi connectivity index (χ2n) is 5.01. The number of ether oxygens (including phenoxy) is 2. The summed E-state index contributed by atoms with van der Waals surface area (Å²) in [5.74, 6) is 1.29. The highest BCUT2D eigenvalue weighted by Gasteiger charge is 2.36. The number of methoxy groups -OCH3 is 2. The molecule has 2 N–H and O–H groups in total. The molecule has 2 rings (SSSR count). The SMILES string of the molecule is COc1ccc(NC(=O)C2(C)CCNC2)cc1OC. The average molecular weight is 264 g/mol. The first-order valence-corrected chi connectivity index (χ1v) is 6.33. The van der Waals surface area contributed by atoms with Gasteiger partial charge in [-0.3, -0.25) is 4.79 Å². The number of amides is 1. The monoisotopic (exact) mass is 264 g/mol. The van der Waals surface area contributed by atoms with Gasteiger partial charge >= 0.3 is 0 Å². The maximum atomic E-state index is 12.3. The summed E-state index contributed by atoms with van der Waals surface area (Å²) in [5, 5.41) is 6.15. The van der Waals surface area contributed by atoms with Gasteiger partial charge in [-0.15, -0.1) is 0 Å². The number of benzene rings is 1. The molecule has 1 aliphatic rings. The van der Waals surface area contributed by atoms with Crippen LogP contribution in [0.25, 0.3) is 0 Å². The molecule has 0 radical (unpaired) electrons. The quantitative estimate of drug-likeness (QED) is 0.868. The summed E-state index contributed by atoms with van der Waals surface area (Å²) < 4.78 is 10.4. The van der Waals surface area contributed by atoms with E-state index in [0.717, 1.165) is 18.7 Å². The minimum Gasteiger partial charge on any atom is -0.493 e. The van der Waals surface area contributed by atoms with Crippen molar-refractivity contribution >= 4 is 11.6 Å². The molecule has 19 heavy (non-hydrogen) atoms. The van der Waals surface area contributed by atoms with Crippen molar-refractivity contribution in [1.82, 2.24) is 5.32 Å². The van der Waals surface area contributed by atoms with Gasteiger partial charge in [-0.25, -0.2) is 0 Å². The number of carbonyl (C=O) groups excluding carboxylic acids is 1. The van der Waals surface area contributed by atoms with Gasteiger partial charge in [-0.1, -0.05) is 0 Å². The lowest BCUT2D eigenvalue weighted by atomic mass is 9.89. The average Bonchev–Trinajstić information content (AvgIpc) is 2.87. The molecule has 0 aromatic heterocycles. The van der Waals surface area contributed by atoms with Gasteiger partial charge in [0.05, 0.1) is 19.6 Å². The molecule has 0 aliphatic carbocycles. The minimum atomic E-state index is -0.340. The van der Waals surface area contributed by atoms with E-state index >= 15 is 0 Å². The van der Waals surface area contributed by atoms with E-state index in [-0.39, 0.29) is 11.3 Å². The second-order valence-corrected chi connectivity index (χ2v) is 5.01. The molecule has 5 nitrogen and oxygen atoms in total. The van der Waals surface area contributed by atoms with Crippen molar-refractivity contribution in [1.29, 1.82) is 0 Å². The fourth-order valence-corrected chi connectivity index (χ4v) is 2.21. The first kappa shape index (κ1) is 13.7. The van der Waals surface area contributed by atoms with Crippen molar-refractivity contribution in [3.8, 4) is 11.5 Å². The van der Waals surface area contributed by atoms with Crippen LogP contribution in [0.4, 0.5) is 5.69 Å². The number of carbonyl (C=O) groups is 1. The van der Waals surface area contributed by atoms with E-state index in [1.54, 1.807) is 26.4 Å². The third kappa shape index (κ3) is 2.81. The van der Waals surface area contributed by atoms with Crippen LogP contribution in [0.2, 0.25) is 0 Å². The normalized spacial score (nSPS) is 22.1. The molecule has 1 heterocycles. The standard InChI is InChI=1S/C14H20N2O3/c1-14(6-7-15-9-14)13(17)16-10-4-5-11(18-2)12(8-10)19-3/h4-5,8,15H,6-7,9H2,1-3H3,(H,16,17). The van der Waals surface area contributed by atoms with Crippen molar-refractivity contribution in [2.45, 2.75) is 13.3 Å². The van der Waals surface area contributed by atoms with Gasteiger partial charge < -0.3 is 20.1 Å². The topological polar surface area (TPSA) is 59.6 Å². The maximum Gasteiger partial charge on any atom is 0.231 e. The molecule has 1 unspecified atom stereocenters. The van der Waals surface area contributed by atoms with E-state index in [2.05, 4.69) is 10.6 Å². The van der Waals surface area contributed by atoms with Gasteiger partial charge in [0.1, 0.15) is 0 Å². The molecular weight excluding hydrogens is 244 g/mol. The summed E-state index contributed by atoms with van der Waals surface area (Å²) in [7, 11) is 3.16. The molecule has 5 heteroatoms. The Kier molecular flexibility index (Phi) is 3.95. The van der Waals surface area contributed by atoms with Crippen LogP contribution in [0.5, 0.6) is 11.5 Å². The molecule has 1 amide bonds. The fourth-order valence-electron chi connectivity index (χ4n) is 2.21. The van der Waals surface area contributed by atoms with Gasteiger partial charge in [0.15, 0.2) is 11.5 Å². The van der Waals surface area contributed by atoms with Crippen LogP contribution in [0.3, 0.4) is 0 Å². The molecule has 1 aliphatic heterocycles. The summed E-state index contributed by atoms with van der Waals surface area (Å²) >= 11 is 0. The van der Waals surface area contributed by atoms with Crippen LogP contribution >= 0.6 is 0 Å². The first-order chi connectivity index (χ1) is 9.09. The Morgan fingerprint density at radius 3 is 2.63 bits per heavy atom.